The fourth-order valence-electron chi connectivity index (χ4n) is 2.54. The highest BCUT2D eigenvalue weighted by Gasteiger charge is 2.01. The van der Waals surface area contributed by atoms with Gasteiger partial charge in [-0.1, -0.05) is 54.6 Å². The normalized spacial score (nSPS) is 9.45. The molecule has 3 aromatic rings. The summed E-state index contributed by atoms with van der Waals surface area (Å²) < 4.78 is 5.84. The first-order valence-electron chi connectivity index (χ1n) is 9.24. The number of hydrogen-bond acceptors (Lipinski definition) is 5. The predicted octanol–water partition coefficient (Wildman–Crippen LogP) is 3.03. The number of benzene rings is 3. The van der Waals surface area contributed by atoms with Gasteiger partial charge >= 0.3 is 0 Å². The van der Waals surface area contributed by atoms with Gasteiger partial charge in [-0.05, 0) is 41.1 Å². The van der Waals surface area contributed by atoms with Crippen LogP contribution < -0.4 is 15.8 Å². The van der Waals surface area contributed by atoms with Crippen LogP contribution in [-0.4, -0.2) is 38.0 Å². The summed E-state index contributed by atoms with van der Waals surface area (Å²) in [5.74, 6) is 0.817. The minimum Gasteiger partial charge on any atom is -0.489 e. The lowest BCUT2D eigenvalue weighted by Gasteiger charge is -2.09. The lowest BCUT2D eigenvalue weighted by molar-refractivity contribution is -0.122. The van der Waals surface area contributed by atoms with Crippen molar-refractivity contribution in [3.63, 3.8) is 0 Å². The molecule has 6 heteroatoms. The summed E-state index contributed by atoms with van der Waals surface area (Å²) in [6.45, 7) is 1.94. The fraction of sp³-hybridized carbons (Fsp3) is 0.217. The monoisotopic (exact) mass is 396 g/mol. The second-order valence-corrected chi connectivity index (χ2v) is 5.94. The van der Waals surface area contributed by atoms with Gasteiger partial charge in [-0.15, -0.1) is 0 Å². The third kappa shape index (κ3) is 9.01. The van der Waals surface area contributed by atoms with E-state index in [0.29, 0.717) is 13.0 Å². The van der Waals surface area contributed by atoms with Crippen LogP contribution in [0.2, 0.25) is 0 Å². The van der Waals surface area contributed by atoms with Crippen molar-refractivity contribution in [1.29, 1.82) is 0 Å². The van der Waals surface area contributed by atoms with Gasteiger partial charge in [-0.3, -0.25) is 4.79 Å². The van der Waals surface area contributed by atoms with Gasteiger partial charge in [0.15, 0.2) is 0 Å². The van der Waals surface area contributed by atoms with Crippen molar-refractivity contribution in [2.75, 3.05) is 20.1 Å². The summed E-state index contributed by atoms with van der Waals surface area (Å²) in [5.41, 5.74) is 7.25. The van der Waals surface area contributed by atoms with Gasteiger partial charge in [0.1, 0.15) is 18.6 Å². The summed E-state index contributed by atoms with van der Waals surface area (Å²) in [6.07, 6.45) is 1.36. The van der Waals surface area contributed by atoms with E-state index in [0.717, 1.165) is 30.7 Å². The Kier molecular flexibility index (Phi) is 12.1. The SMILES string of the molecule is CNCCN.O=CCc1ccc(OCc2cccc3ccccc23)cc1.O=CO. The van der Waals surface area contributed by atoms with E-state index < -0.39 is 0 Å². The largest absolute Gasteiger partial charge is 0.489 e. The van der Waals surface area contributed by atoms with Gasteiger partial charge in [0.2, 0.25) is 0 Å². The number of rotatable bonds is 7. The van der Waals surface area contributed by atoms with E-state index in [4.69, 9.17) is 20.4 Å². The minimum absolute atomic E-state index is 0.250. The molecule has 0 spiro atoms. The fourth-order valence-corrected chi connectivity index (χ4v) is 2.54. The van der Waals surface area contributed by atoms with Crippen LogP contribution in [0.25, 0.3) is 10.8 Å². The number of hydrogen-bond donors (Lipinski definition) is 3. The van der Waals surface area contributed by atoms with E-state index in [1.54, 1.807) is 0 Å². The molecule has 0 atom stereocenters. The van der Waals surface area contributed by atoms with E-state index >= 15 is 0 Å². The predicted molar refractivity (Wildman–Crippen MR) is 116 cm³/mol. The topological polar surface area (TPSA) is 102 Å². The first-order chi connectivity index (χ1) is 14.2. The van der Waals surface area contributed by atoms with Crippen LogP contribution in [0.5, 0.6) is 5.75 Å². The number of likely N-dealkylation sites (N-methyl/N-ethyl adjacent to an activating group) is 1. The Balaban J connectivity index is 0.000000452. The molecule has 29 heavy (non-hydrogen) atoms. The number of aldehydes is 1. The molecule has 0 amide bonds. The van der Waals surface area contributed by atoms with Gasteiger partial charge in [0.05, 0.1) is 0 Å². The van der Waals surface area contributed by atoms with E-state index in [-0.39, 0.29) is 6.47 Å². The number of fused-ring (bicyclic) bond motifs is 1. The zero-order valence-electron chi connectivity index (χ0n) is 16.6. The standard InChI is InChI=1S/C19H16O2.C3H10N2.CH2O2/c20-13-12-15-8-10-18(11-9-15)21-14-17-6-3-5-16-4-1-2-7-19(16)17;1-5-3-2-4;2-1-3/h1-11,13H,12,14H2;5H,2-4H2,1H3;1H,(H,2,3). The van der Waals surface area contributed by atoms with Gasteiger partial charge in [0.25, 0.3) is 6.47 Å². The van der Waals surface area contributed by atoms with Crippen molar-refractivity contribution in [2.24, 2.45) is 5.73 Å². The van der Waals surface area contributed by atoms with Crippen LogP contribution in [-0.2, 0) is 22.6 Å². The van der Waals surface area contributed by atoms with Crippen LogP contribution in [0.4, 0.5) is 0 Å². The van der Waals surface area contributed by atoms with Crippen LogP contribution >= 0.6 is 0 Å². The summed E-state index contributed by atoms with van der Waals surface area (Å²) in [4.78, 5) is 18.8. The first kappa shape index (κ1) is 23.8. The van der Waals surface area contributed by atoms with E-state index in [9.17, 15) is 4.79 Å². The highest BCUT2D eigenvalue weighted by atomic mass is 16.5. The summed E-state index contributed by atoms with van der Waals surface area (Å²) in [5, 5.41) is 12.2. The van der Waals surface area contributed by atoms with Crippen molar-refractivity contribution < 1.29 is 19.4 Å². The molecular formula is C23H28N2O4. The maximum absolute atomic E-state index is 10.5. The number of carboxylic acid groups (broad SMARTS) is 1. The zero-order chi connectivity index (χ0) is 21.3. The number of ether oxygens (including phenoxy) is 1. The Hall–Kier alpha value is -3.22. The van der Waals surface area contributed by atoms with Crippen molar-refractivity contribution in [2.45, 2.75) is 13.0 Å². The Morgan fingerprint density at radius 3 is 2.24 bits per heavy atom. The van der Waals surface area contributed by atoms with Crippen molar-refractivity contribution >= 4 is 23.5 Å². The molecule has 3 rings (SSSR count). The van der Waals surface area contributed by atoms with Crippen LogP contribution in [0.15, 0.2) is 66.7 Å². The molecule has 3 aromatic carbocycles. The average molecular weight is 396 g/mol. The molecule has 6 nitrogen and oxygen atoms in total. The lowest BCUT2D eigenvalue weighted by atomic mass is 10.1. The van der Waals surface area contributed by atoms with Crippen molar-refractivity contribution in [1.82, 2.24) is 5.32 Å². The van der Waals surface area contributed by atoms with Gasteiger partial charge in [0, 0.05) is 19.5 Å². The molecule has 0 radical (unpaired) electrons. The highest BCUT2D eigenvalue weighted by molar-refractivity contribution is 5.85. The third-order valence-corrected chi connectivity index (χ3v) is 3.91. The minimum atomic E-state index is -0.250. The second kappa shape index (κ2) is 14.8. The quantitative estimate of drug-likeness (QED) is 0.531. The number of nitrogens with two attached hydrogens (primary N) is 1. The molecule has 4 N–H and O–H groups in total. The summed E-state index contributed by atoms with van der Waals surface area (Å²) in [6, 6.07) is 22.2. The molecular weight excluding hydrogens is 368 g/mol. The smallest absolute Gasteiger partial charge is 0.290 e. The maximum Gasteiger partial charge on any atom is 0.290 e. The number of carbonyl (C=O) groups excluding carboxylic acids is 1. The van der Waals surface area contributed by atoms with Gasteiger partial charge < -0.3 is 25.7 Å². The molecule has 0 saturated heterocycles. The van der Waals surface area contributed by atoms with E-state index in [1.165, 1.54) is 16.3 Å². The molecule has 0 aliphatic heterocycles. The van der Waals surface area contributed by atoms with Crippen LogP contribution in [0, 0.1) is 0 Å². The summed E-state index contributed by atoms with van der Waals surface area (Å²) >= 11 is 0. The van der Waals surface area contributed by atoms with Crippen LogP contribution in [0.1, 0.15) is 11.1 Å². The Morgan fingerprint density at radius 2 is 1.66 bits per heavy atom. The Bertz CT molecular complexity index is 844. The van der Waals surface area contributed by atoms with Gasteiger partial charge in [-0.2, -0.15) is 0 Å². The highest BCUT2D eigenvalue weighted by Crippen LogP contribution is 2.21. The molecule has 0 unspecified atom stereocenters. The molecule has 0 saturated carbocycles. The maximum atomic E-state index is 10.5. The summed E-state index contributed by atoms with van der Waals surface area (Å²) in [7, 11) is 1.88. The lowest BCUT2D eigenvalue weighted by Crippen LogP contribution is -2.17. The van der Waals surface area contributed by atoms with Crippen molar-refractivity contribution in [3.8, 4) is 5.75 Å². The van der Waals surface area contributed by atoms with Gasteiger partial charge in [-0.25, -0.2) is 0 Å². The zero-order valence-corrected chi connectivity index (χ0v) is 16.6. The molecule has 0 aromatic heterocycles. The molecule has 0 aliphatic rings. The average Bonchev–Trinajstić information content (AvgIpc) is 2.75. The van der Waals surface area contributed by atoms with Crippen molar-refractivity contribution in [3.05, 3.63) is 77.9 Å². The number of nitrogens with one attached hydrogen (secondary N) is 1. The molecule has 0 fully saturated rings. The third-order valence-electron chi connectivity index (χ3n) is 3.91. The van der Waals surface area contributed by atoms with Crippen LogP contribution in [0.3, 0.4) is 0 Å². The van der Waals surface area contributed by atoms with E-state index in [1.807, 2.05) is 49.5 Å². The molecule has 0 aliphatic carbocycles. The Morgan fingerprint density at radius 1 is 1.00 bits per heavy atom. The molecule has 0 bridgehead atoms. The first-order valence-corrected chi connectivity index (χ1v) is 9.24. The number of carbonyl (C=O) groups is 2. The van der Waals surface area contributed by atoms with E-state index in [2.05, 4.69) is 29.6 Å². The molecule has 154 valence electrons. The second-order valence-electron chi connectivity index (χ2n) is 5.94. The Labute approximate surface area is 171 Å². The molecule has 0 heterocycles.